The Morgan fingerprint density at radius 2 is 1.85 bits per heavy atom. The molecule has 7 heteroatoms. The SMILES string of the molecule is CC(=N)[C@]1(Oc2ccc([C@H](Cc3ccc4ccc(C(=N)N)cc4c3)C(=O)O)cc2)CCNC1. The van der Waals surface area contributed by atoms with Gasteiger partial charge in [-0.2, -0.15) is 0 Å². The fraction of sp³-hybridized carbons (Fsp3) is 0.269. The molecule has 0 radical (unpaired) electrons. The summed E-state index contributed by atoms with van der Waals surface area (Å²) < 4.78 is 6.15. The summed E-state index contributed by atoms with van der Waals surface area (Å²) >= 11 is 0. The second kappa shape index (κ2) is 9.03. The summed E-state index contributed by atoms with van der Waals surface area (Å²) in [6.45, 7) is 3.15. The number of ether oxygens (including phenoxy) is 1. The molecular formula is C26H28N4O3. The quantitative estimate of drug-likeness (QED) is 0.267. The number of aliphatic carboxylic acids is 1. The second-order valence-electron chi connectivity index (χ2n) is 8.62. The highest BCUT2D eigenvalue weighted by molar-refractivity contribution is 5.99. The first-order valence-corrected chi connectivity index (χ1v) is 10.9. The van der Waals surface area contributed by atoms with E-state index >= 15 is 0 Å². The molecule has 0 saturated carbocycles. The maximum absolute atomic E-state index is 12.1. The van der Waals surface area contributed by atoms with Crippen molar-refractivity contribution < 1.29 is 14.6 Å². The van der Waals surface area contributed by atoms with Crippen LogP contribution in [0.3, 0.4) is 0 Å². The maximum Gasteiger partial charge on any atom is 0.311 e. The molecule has 2 atom stereocenters. The molecule has 0 bridgehead atoms. The number of hydrogen-bond acceptors (Lipinski definition) is 5. The molecule has 0 spiro atoms. The molecule has 0 unspecified atom stereocenters. The van der Waals surface area contributed by atoms with Gasteiger partial charge in [0.25, 0.3) is 0 Å². The molecule has 4 rings (SSSR count). The van der Waals surface area contributed by atoms with Gasteiger partial charge in [0.05, 0.1) is 11.6 Å². The number of fused-ring (bicyclic) bond motifs is 1. The Bertz CT molecular complexity index is 1210. The minimum atomic E-state index is -0.895. The normalized spacial score (nSPS) is 18.7. The van der Waals surface area contributed by atoms with E-state index in [4.69, 9.17) is 21.3 Å². The zero-order chi connectivity index (χ0) is 23.6. The first-order chi connectivity index (χ1) is 15.8. The van der Waals surface area contributed by atoms with Crippen molar-refractivity contribution in [1.82, 2.24) is 5.32 Å². The summed E-state index contributed by atoms with van der Waals surface area (Å²) in [6.07, 6.45) is 1.07. The molecule has 1 aliphatic heterocycles. The van der Waals surface area contributed by atoms with E-state index in [-0.39, 0.29) is 5.84 Å². The zero-order valence-corrected chi connectivity index (χ0v) is 18.5. The molecule has 3 aromatic carbocycles. The summed E-state index contributed by atoms with van der Waals surface area (Å²) in [5, 5.41) is 30.9. The lowest BCUT2D eigenvalue weighted by molar-refractivity contribution is -0.138. The van der Waals surface area contributed by atoms with E-state index in [0.29, 0.717) is 35.6 Å². The number of nitrogens with one attached hydrogen (secondary N) is 3. The van der Waals surface area contributed by atoms with Gasteiger partial charge >= 0.3 is 5.97 Å². The lowest BCUT2D eigenvalue weighted by Crippen LogP contribution is -2.44. The lowest BCUT2D eigenvalue weighted by Gasteiger charge is -2.29. The number of nitrogens with two attached hydrogens (primary N) is 1. The molecule has 0 amide bonds. The Morgan fingerprint density at radius 1 is 1.12 bits per heavy atom. The second-order valence-corrected chi connectivity index (χ2v) is 8.62. The summed E-state index contributed by atoms with van der Waals surface area (Å²) in [5.74, 6) is -0.978. The minimum Gasteiger partial charge on any atom is -0.481 e. The smallest absolute Gasteiger partial charge is 0.311 e. The molecule has 3 aromatic rings. The van der Waals surface area contributed by atoms with E-state index in [1.54, 1.807) is 37.3 Å². The maximum atomic E-state index is 12.1. The zero-order valence-electron chi connectivity index (χ0n) is 18.5. The van der Waals surface area contributed by atoms with Crippen LogP contribution in [0.15, 0.2) is 60.7 Å². The predicted octanol–water partition coefficient (Wildman–Crippen LogP) is 3.69. The molecule has 7 nitrogen and oxygen atoms in total. The monoisotopic (exact) mass is 444 g/mol. The molecule has 33 heavy (non-hydrogen) atoms. The molecule has 0 aromatic heterocycles. The van der Waals surface area contributed by atoms with Gasteiger partial charge in [0, 0.05) is 18.5 Å². The van der Waals surface area contributed by atoms with Crippen molar-refractivity contribution in [2.45, 2.75) is 31.3 Å². The lowest BCUT2D eigenvalue weighted by atomic mass is 9.91. The van der Waals surface area contributed by atoms with Crippen LogP contribution in [-0.4, -0.2) is 41.3 Å². The number of hydrogen-bond donors (Lipinski definition) is 5. The van der Waals surface area contributed by atoms with Crippen LogP contribution >= 0.6 is 0 Å². The van der Waals surface area contributed by atoms with Crippen LogP contribution in [0.5, 0.6) is 5.75 Å². The number of nitrogen functional groups attached to an aromatic ring is 1. The van der Waals surface area contributed by atoms with Crippen LogP contribution < -0.4 is 15.8 Å². The topological polar surface area (TPSA) is 132 Å². The standard InChI is InChI=1S/C26H28N4O3/c1-16(27)26(10-11-30-15-26)33-22-8-6-19(7-9-22)23(25(31)32)13-17-2-3-18-4-5-20(24(28)29)14-21(18)12-17/h2-9,12,14,23,27,30H,10-11,13,15H2,1H3,(H3,28,29)(H,31,32)/t23-,26-/m0/s1. The van der Waals surface area contributed by atoms with E-state index in [1.807, 2.05) is 30.3 Å². The van der Waals surface area contributed by atoms with Gasteiger partial charge in [0.2, 0.25) is 0 Å². The van der Waals surface area contributed by atoms with Gasteiger partial charge in [-0.3, -0.25) is 10.2 Å². The molecule has 1 saturated heterocycles. The largest absolute Gasteiger partial charge is 0.481 e. The van der Waals surface area contributed by atoms with Crippen molar-refractivity contribution in [2.24, 2.45) is 5.73 Å². The third-order valence-electron chi connectivity index (χ3n) is 6.35. The highest BCUT2D eigenvalue weighted by atomic mass is 16.5. The van der Waals surface area contributed by atoms with Gasteiger partial charge in [0.15, 0.2) is 5.60 Å². The molecule has 0 aliphatic carbocycles. The van der Waals surface area contributed by atoms with Crippen LogP contribution in [0.2, 0.25) is 0 Å². The Kier molecular flexibility index (Phi) is 6.16. The van der Waals surface area contributed by atoms with Gasteiger partial charge in [-0.05, 0) is 60.0 Å². The number of carboxylic acids is 1. The molecule has 1 heterocycles. The van der Waals surface area contributed by atoms with E-state index in [1.165, 1.54) is 0 Å². The molecule has 1 fully saturated rings. The molecule has 170 valence electrons. The van der Waals surface area contributed by atoms with Crippen molar-refractivity contribution in [2.75, 3.05) is 13.1 Å². The summed E-state index contributed by atoms with van der Waals surface area (Å²) in [5.41, 5.74) is 7.67. The van der Waals surface area contributed by atoms with Crippen molar-refractivity contribution in [1.29, 1.82) is 10.8 Å². The number of carboxylic acid groups (broad SMARTS) is 1. The number of benzene rings is 3. The molecule has 6 N–H and O–H groups in total. The average Bonchev–Trinajstić information content (AvgIpc) is 3.27. The van der Waals surface area contributed by atoms with E-state index in [9.17, 15) is 9.90 Å². The summed E-state index contributed by atoms with van der Waals surface area (Å²) in [6, 6.07) is 18.6. The Balaban J connectivity index is 1.56. The van der Waals surface area contributed by atoms with Crippen LogP contribution in [0.1, 0.15) is 36.0 Å². The Morgan fingerprint density at radius 3 is 2.45 bits per heavy atom. The van der Waals surface area contributed by atoms with Crippen molar-refractivity contribution in [3.8, 4) is 5.75 Å². The predicted molar refractivity (Wildman–Crippen MR) is 130 cm³/mol. The van der Waals surface area contributed by atoms with Gasteiger partial charge in [-0.25, -0.2) is 0 Å². The Hall–Kier alpha value is -3.71. The Labute approximate surface area is 192 Å². The van der Waals surface area contributed by atoms with Crippen LogP contribution in [0, 0.1) is 10.8 Å². The third-order valence-corrected chi connectivity index (χ3v) is 6.35. The minimum absolute atomic E-state index is 0.00130. The van der Waals surface area contributed by atoms with Crippen LogP contribution in [-0.2, 0) is 11.2 Å². The van der Waals surface area contributed by atoms with Crippen LogP contribution in [0.4, 0.5) is 0 Å². The van der Waals surface area contributed by atoms with Crippen LogP contribution in [0.25, 0.3) is 10.8 Å². The number of amidine groups is 1. The van der Waals surface area contributed by atoms with Crippen molar-refractivity contribution in [3.05, 3.63) is 77.4 Å². The highest BCUT2D eigenvalue weighted by Crippen LogP contribution is 2.29. The first kappa shape index (κ1) is 22.5. The third kappa shape index (κ3) is 4.73. The number of carbonyl (C=O) groups is 1. The summed E-state index contributed by atoms with van der Waals surface area (Å²) in [7, 11) is 0. The fourth-order valence-corrected chi connectivity index (χ4v) is 4.32. The van der Waals surface area contributed by atoms with E-state index < -0.39 is 17.5 Å². The van der Waals surface area contributed by atoms with E-state index in [2.05, 4.69) is 5.32 Å². The number of rotatable bonds is 8. The highest BCUT2D eigenvalue weighted by Gasteiger charge is 2.38. The van der Waals surface area contributed by atoms with Gasteiger partial charge < -0.3 is 26.3 Å². The van der Waals surface area contributed by atoms with Gasteiger partial charge in [0.1, 0.15) is 11.6 Å². The van der Waals surface area contributed by atoms with Crippen molar-refractivity contribution >= 4 is 28.3 Å². The fourth-order valence-electron chi connectivity index (χ4n) is 4.32. The van der Waals surface area contributed by atoms with Gasteiger partial charge in [-0.15, -0.1) is 0 Å². The van der Waals surface area contributed by atoms with E-state index in [0.717, 1.165) is 29.3 Å². The molecule has 1 aliphatic rings. The molecular weight excluding hydrogens is 416 g/mol. The van der Waals surface area contributed by atoms with Gasteiger partial charge in [-0.1, -0.05) is 42.5 Å². The summed E-state index contributed by atoms with van der Waals surface area (Å²) in [4.78, 5) is 12.1. The first-order valence-electron chi connectivity index (χ1n) is 10.9. The van der Waals surface area contributed by atoms with Crippen molar-refractivity contribution in [3.63, 3.8) is 0 Å². The average molecular weight is 445 g/mol.